The molecule has 1 fully saturated rings. The number of benzene rings is 2. The number of nitrogens with one attached hydrogen (secondary N) is 1. The van der Waals surface area contributed by atoms with Gasteiger partial charge in [0, 0.05) is 11.5 Å². The average molecular weight is 324 g/mol. The zero-order valence-corrected chi connectivity index (χ0v) is 13.7. The molecule has 0 unspecified atom stereocenters. The van der Waals surface area contributed by atoms with Gasteiger partial charge in [0.1, 0.15) is 0 Å². The molecule has 0 heterocycles. The van der Waals surface area contributed by atoms with Gasteiger partial charge in [-0.3, -0.25) is 4.79 Å². The minimum Gasteiger partial charge on any atom is -0.504 e. The van der Waals surface area contributed by atoms with Crippen LogP contribution in [0, 0.1) is 5.92 Å². The summed E-state index contributed by atoms with van der Waals surface area (Å²) in [6.45, 7) is 1.80. The third-order valence-corrected chi connectivity index (χ3v) is 4.29. The molecule has 1 aliphatic carbocycles. The van der Waals surface area contributed by atoms with Crippen LogP contribution in [0.25, 0.3) is 0 Å². The van der Waals surface area contributed by atoms with Crippen LogP contribution in [0.1, 0.15) is 30.4 Å². The summed E-state index contributed by atoms with van der Waals surface area (Å²) in [5.41, 5.74) is 5.27. The number of amides is 1. The molecule has 124 valence electrons. The zero-order valence-electron chi connectivity index (χ0n) is 13.7. The standard InChI is InChI=1S/C19H20N2O3/c1-12(14-8-9-17(22)18(10-14)24-2)20-21-19(23)16-11-15(16)13-6-4-3-5-7-13/h3-10,15-16,22H,11H2,1-2H3,(H,21,23)/b20-12-/t15-,16-/m0/s1. The van der Waals surface area contributed by atoms with E-state index in [1.807, 2.05) is 18.2 Å². The van der Waals surface area contributed by atoms with Gasteiger partial charge in [0.25, 0.3) is 0 Å². The molecule has 3 rings (SSSR count). The summed E-state index contributed by atoms with van der Waals surface area (Å²) in [4.78, 5) is 12.2. The van der Waals surface area contributed by atoms with Gasteiger partial charge >= 0.3 is 0 Å². The topological polar surface area (TPSA) is 70.9 Å². The second-order valence-corrected chi connectivity index (χ2v) is 5.92. The highest BCUT2D eigenvalue weighted by molar-refractivity contribution is 6.00. The lowest BCUT2D eigenvalue weighted by Crippen LogP contribution is -2.21. The molecule has 0 aromatic heterocycles. The number of phenolic OH excluding ortho intramolecular Hbond substituents is 1. The third kappa shape index (κ3) is 3.40. The maximum absolute atomic E-state index is 12.2. The van der Waals surface area contributed by atoms with Gasteiger partial charge in [0.05, 0.1) is 12.8 Å². The molecule has 5 heteroatoms. The predicted octanol–water partition coefficient (Wildman–Crippen LogP) is 3.04. The fourth-order valence-corrected chi connectivity index (χ4v) is 2.74. The Kier molecular flexibility index (Phi) is 4.51. The van der Waals surface area contributed by atoms with E-state index in [4.69, 9.17) is 4.74 Å². The van der Waals surface area contributed by atoms with Crippen LogP contribution in [0.2, 0.25) is 0 Å². The van der Waals surface area contributed by atoms with Gasteiger partial charge in [0.2, 0.25) is 5.91 Å². The molecular weight excluding hydrogens is 304 g/mol. The largest absolute Gasteiger partial charge is 0.504 e. The third-order valence-electron chi connectivity index (χ3n) is 4.29. The lowest BCUT2D eigenvalue weighted by molar-refractivity contribution is -0.122. The number of nitrogens with zero attached hydrogens (tertiary/aromatic N) is 1. The minimum atomic E-state index is -0.0612. The van der Waals surface area contributed by atoms with E-state index in [1.165, 1.54) is 12.7 Å². The van der Waals surface area contributed by atoms with Crippen LogP contribution in [0.5, 0.6) is 11.5 Å². The van der Waals surface area contributed by atoms with E-state index in [9.17, 15) is 9.90 Å². The monoisotopic (exact) mass is 324 g/mol. The highest BCUT2D eigenvalue weighted by Gasteiger charge is 2.43. The molecule has 2 N–H and O–H groups in total. The molecule has 0 saturated heterocycles. The first-order valence-electron chi connectivity index (χ1n) is 7.86. The van der Waals surface area contributed by atoms with Crippen molar-refractivity contribution < 1.29 is 14.6 Å². The maximum Gasteiger partial charge on any atom is 0.243 e. The van der Waals surface area contributed by atoms with Crippen molar-refractivity contribution >= 4 is 11.6 Å². The average Bonchev–Trinajstić information content (AvgIpc) is 3.41. The Balaban J connectivity index is 1.62. The second-order valence-electron chi connectivity index (χ2n) is 5.92. The molecule has 0 spiro atoms. The van der Waals surface area contributed by atoms with Crippen LogP contribution in [0.4, 0.5) is 0 Å². The summed E-state index contributed by atoms with van der Waals surface area (Å²) in [5, 5.41) is 13.8. The Hall–Kier alpha value is -2.82. The van der Waals surface area contributed by atoms with Crippen LogP contribution in [0.3, 0.4) is 0 Å². The van der Waals surface area contributed by atoms with E-state index in [0.29, 0.717) is 11.5 Å². The Labute approximate surface area is 141 Å². The van der Waals surface area contributed by atoms with E-state index in [1.54, 1.807) is 25.1 Å². The number of hydrogen-bond acceptors (Lipinski definition) is 4. The summed E-state index contributed by atoms with van der Waals surface area (Å²) in [7, 11) is 1.49. The fourth-order valence-electron chi connectivity index (χ4n) is 2.74. The molecule has 2 aromatic carbocycles. The highest BCUT2D eigenvalue weighted by Crippen LogP contribution is 2.47. The Bertz CT molecular complexity index is 771. The fraction of sp³-hybridized carbons (Fsp3) is 0.263. The maximum atomic E-state index is 12.2. The number of hydrogen-bond donors (Lipinski definition) is 2. The van der Waals surface area contributed by atoms with Crippen molar-refractivity contribution in [3.63, 3.8) is 0 Å². The van der Waals surface area contributed by atoms with Crippen molar-refractivity contribution in [3.8, 4) is 11.5 Å². The Morgan fingerprint density at radius 3 is 2.71 bits per heavy atom. The number of methoxy groups -OCH3 is 1. The smallest absolute Gasteiger partial charge is 0.243 e. The number of carbonyl (C=O) groups is 1. The second kappa shape index (κ2) is 6.74. The van der Waals surface area contributed by atoms with Crippen LogP contribution in [-0.2, 0) is 4.79 Å². The molecule has 5 nitrogen and oxygen atoms in total. The Morgan fingerprint density at radius 2 is 2.00 bits per heavy atom. The summed E-state index contributed by atoms with van der Waals surface area (Å²) in [5.74, 6) is 0.657. The lowest BCUT2D eigenvalue weighted by atomic mass is 10.1. The molecule has 0 aliphatic heterocycles. The van der Waals surface area contributed by atoms with Gasteiger partial charge in [-0.05, 0) is 43.0 Å². The van der Waals surface area contributed by atoms with Crippen molar-refractivity contribution in [2.75, 3.05) is 7.11 Å². The molecule has 24 heavy (non-hydrogen) atoms. The zero-order chi connectivity index (χ0) is 17.1. The first-order chi connectivity index (χ1) is 11.6. The number of rotatable bonds is 5. The van der Waals surface area contributed by atoms with Gasteiger partial charge in [-0.15, -0.1) is 0 Å². The summed E-state index contributed by atoms with van der Waals surface area (Å²) < 4.78 is 5.08. The molecule has 1 saturated carbocycles. The van der Waals surface area contributed by atoms with Crippen LogP contribution >= 0.6 is 0 Å². The van der Waals surface area contributed by atoms with Gasteiger partial charge in [-0.25, -0.2) is 5.43 Å². The molecule has 1 amide bonds. The van der Waals surface area contributed by atoms with Crippen LogP contribution in [0.15, 0.2) is 53.6 Å². The molecule has 0 radical (unpaired) electrons. The van der Waals surface area contributed by atoms with Gasteiger partial charge in [0.15, 0.2) is 11.5 Å². The normalized spacial score (nSPS) is 19.7. The number of ether oxygens (including phenoxy) is 1. The molecular formula is C19H20N2O3. The van der Waals surface area contributed by atoms with Crippen molar-refractivity contribution in [1.82, 2.24) is 5.43 Å². The number of aromatic hydroxyl groups is 1. The lowest BCUT2D eigenvalue weighted by Gasteiger charge is -2.07. The Morgan fingerprint density at radius 1 is 1.25 bits per heavy atom. The molecule has 1 aliphatic rings. The van der Waals surface area contributed by atoms with Gasteiger partial charge in [-0.1, -0.05) is 30.3 Å². The predicted molar refractivity (Wildman–Crippen MR) is 92.3 cm³/mol. The van der Waals surface area contributed by atoms with Gasteiger partial charge in [-0.2, -0.15) is 5.10 Å². The van der Waals surface area contributed by atoms with E-state index >= 15 is 0 Å². The SMILES string of the molecule is COc1cc(/C(C)=N\NC(=O)[C@H]2C[C@H]2c2ccccc2)ccc1O. The quantitative estimate of drug-likeness (QED) is 0.656. The van der Waals surface area contributed by atoms with E-state index < -0.39 is 0 Å². The minimum absolute atomic E-state index is 0.0155. The van der Waals surface area contributed by atoms with Crippen molar-refractivity contribution in [3.05, 3.63) is 59.7 Å². The number of carbonyl (C=O) groups excluding carboxylic acids is 1. The summed E-state index contributed by atoms with van der Waals surface area (Å²) in [6.07, 6.45) is 0.859. The van der Waals surface area contributed by atoms with E-state index in [2.05, 4.69) is 22.7 Å². The van der Waals surface area contributed by atoms with Gasteiger partial charge < -0.3 is 9.84 Å². The molecule has 2 aromatic rings. The van der Waals surface area contributed by atoms with Crippen molar-refractivity contribution in [1.29, 1.82) is 0 Å². The van der Waals surface area contributed by atoms with E-state index in [-0.39, 0.29) is 23.5 Å². The van der Waals surface area contributed by atoms with E-state index in [0.717, 1.165) is 12.0 Å². The summed E-state index contributed by atoms with van der Waals surface area (Å²) in [6, 6.07) is 15.0. The first kappa shape index (κ1) is 16.1. The van der Waals surface area contributed by atoms with Crippen molar-refractivity contribution in [2.24, 2.45) is 11.0 Å². The molecule has 2 atom stereocenters. The van der Waals surface area contributed by atoms with Crippen LogP contribution < -0.4 is 10.2 Å². The number of hydrazone groups is 1. The number of phenols is 1. The van der Waals surface area contributed by atoms with Crippen LogP contribution in [-0.4, -0.2) is 23.8 Å². The first-order valence-corrected chi connectivity index (χ1v) is 7.86. The highest BCUT2D eigenvalue weighted by atomic mass is 16.5. The molecule has 0 bridgehead atoms. The summed E-state index contributed by atoms with van der Waals surface area (Å²) >= 11 is 0. The van der Waals surface area contributed by atoms with Crippen molar-refractivity contribution in [2.45, 2.75) is 19.3 Å².